The van der Waals surface area contributed by atoms with Crippen LogP contribution in [0.5, 0.6) is 0 Å². The summed E-state index contributed by atoms with van der Waals surface area (Å²) in [5.41, 5.74) is 1.14. The summed E-state index contributed by atoms with van der Waals surface area (Å²) in [6.45, 7) is 4.09. The van der Waals surface area contributed by atoms with Crippen LogP contribution in [0.15, 0.2) is 18.2 Å². The third kappa shape index (κ3) is 2.78. The molecule has 2 rings (SSSR count). The number of nitriles is 1. The van der Waals surface area contributed by atoms with Crippen molar-refractivity contribution >= 4 is 11.6 Å². The standard InChI is InChI=1S/C16H20ClNO/c1-11-4-3-7-16(9-11,10-18)15(19)14-6-5-13(17)8-12(14)2/h5-6,8,11,15,19H,3-4,7,9H2,1-2H3. The zero-order valence-corrected chi connectivity index (χ0v) is 12.2. The Kier molecular flexibility index (Phi) is 4.18. The smallest absolute Gasteiger partial charge is 0.0978 e. The van der Waals surface area contributed by atoms with Gasteiger partial charge in [-0.1, -0.05) is 37.4 Å². The fourth-order valence-corrected chi connectivity index (χ4v) is 3.47. The van der Waals surface area contributed by atoms with E-state index in [0.29, 0.717) is 10.9 Å². The van der Waals surface area contributed by atoms with Gasteiger partial charge in [0.2, 0.25) is 0 Å². The van der Waals surface area contributed by atoms with E-state index in [2.05, 4.69) is 13.0 Å². The van der Waals surface area contributed by atoms with E-state index in [9.17, 15) is 10.4 Å². The third-order valence-corrected chi connectivity index (χ3v) is 4.54. The van der Waals surface area contributed by atoms with Crippen molar-refractivity contribution in [1.29, 1.82) is 5.26 Å². The number of aliphatic hydroxyl groups excluding tert-OH is 1. The predicted octanol–water partition coefficient (Wildman–Crippen LogP) is 4.40. The summed E-state index contributed by atoms with van der Waals surface area (Å²) >= 11 is 5.95. The first-order valence-electron chi connectivity index (χ1n) is 6.84. The second-order valence-corrected chi connectivity index (χ2v) is 6.31. The number of nitrogens with zero attached hydrogens (tertiary/aromatic N) is 1. The van der Waals surface area contributed by atoms with E-state index in [4.69, 9.17) is 11.6 Å². The summed E-state index contributed by atoms with van der Waals surface area (Å²) in [6.07, 6.45) is 2.98. The zero-order valence-electron chi connectivity index (χ0n) is 11.5. The van der Waals surface area contributed by atoms with Gasteiger partial charge in [-0.05, 0) is 48.9 Å². The Morgan fingerprint density at radius 3 is 2.84 bits per heavy atom. The molecule has 1 saturated carbocycles. The number of aliphatic hydroxyl groups is 1. The van der Waals surface area contributed by atoms with Gasteiger partial charge in [-0.3, -0.25) is 0 Å². The molecule has 2 nitrogen and oxygen atoms in total. The molecule has 0 aliphatic heterocycles. The summed E-state index contributed by atoms with van der Waals surface area (Å²) in [7, 11) is 0. The molecule has 1 fully saturated rings. The van der Waals surface area contributed by atoms with Crippen molar-refractivity contribution in [3.63, 3.8) is 0 Å². The quantitative estimate of drug-likeness (QED) is 0.871. The summed E-state index contributed by atoms with van der Waals surface area (Å²) in [6, 6.07) is 7.88. The zero-order chi connectivity index (χ0) is 14.0. The van der Waals surface area contributed by atoms with Gasteiger partial charge in [0.1, 0.15) is 0 Å². The maximum Gasteiger partial charge on any atom is 0.0978 e. The van der Waals surface area contributed by atoms with Crippen molar-refractivity contribution < 1.29 is 5.11 Å². The molecule has 0 heterocycles. The predicted molar refractivity (Wildman–Crippen MR) is 76.8 cm³/mol. The highest BCUT2D eigenvalue weighted by atomic mass is 35.5. The Morgan fingerprint density at radius 2 is 2.26 bits per heavy atom. The molecule has 0 aromatic heterocycles. The first kappa shape index (κ1) is 14.4. The van der Waals surface area contributed by atoms with E-state index in [1.165, 1.54) is 0 Å². The van der Waals surface area contributed by atoms with Gasteiger partial charge < -0.3 is 5.11 Å². The molecule has 3 atom stereocenters. The normalized spacial score (nSPS) is 28.7. The minimum absolute atomic E-state index is 0.496. The van der Waals surface area contributed by atoms with Crippen LogP contribution in [0.25, 0.3) is 0 Å². The van der Waals surface area contributed by atoms with E-state index in [1.54, 1.807) is 6.07 Å². The molecule has 0 bridgehead atoms. The van der Waals surface area contributed by atoms with Crippen LogP contribution in [0.2, 0.25) is 5.02 Å². The van der Waals surface area contributed by atoms with Gasteiger partial charge in [0, 0.05) is 5.02 Å². The number of aryl methyl sites for hydroxylation is 1. The fourth-order valence-electron chi connectivity index (χ4n) is 3.25. The Hall–Kier alpha value is -1.04. The van der Waals surface area contributed by atoms with Crippen LogP contribution in [0.4, 0.5) is 0 Å². The minimum Gasteiger partial charge on any atom is -0.387 e. The topological polar surface area (TPSA) is 44.0 Å². The van der Waals surface area contributed by atoms with E-state index in [1.807, 2.05) is 19.1 Å². The van der Waals surface area contributed by atoms with Crippen molar-refractivity contribution in [3.05, 3.63) is 34.3 Å². The van der Waals surface area contributed by atoms with Crippen molar-refractivity contribution in [2.45, 2.75) is 45.6 Å². The van der Waals surface area contributed by atoms with E-state index in [0.717, 1.165) is 36.8 Å². The number of benzene rings is 1. The highest BCUT2D eigenvalue weighted by Crippen LogP contribution is 2.48. The molecule has 1 N–H and O–H groups in total. The highest BCUT2D eigenvalue weighted by Gasteiger charge is 2.42. The monoisotopic (exact) mass is 277 g/mol. The molecule has 1 aliphatic carbocycles. The maximum absolute atomic E-state index is 10.7. The molecule has 19 heavy (non-hydrogen) atoms. The van der Waals surface area contributed by atoms with Gasteiger partial charge in [-0.25, -0.2) is 0 Å². The van der Waals surface area contributed by atoms with Crippen LogP contribution in [0.3, 0.4) is 0 Å². The molecule has 1 aromatic rings. The second kappa shape index (κ2) is 5.53. The highest BCUT2D eigenvalue weighted by molar-refractivity contribution is 6.30. The lowest BCUT2D eigenvalue weighted by Gasteiger charge is -2.38. The van der Waals surface area contributed by atoms with Crippen LogP contribution >= 0.6 is 11.6 Å². The first-order chi connectivity index (χ1) is 8.98. The summed E-state index contributed by atoms with van der Waals surface area (Å²) < 4.78 is 0. The lowest BCUT2D eigenvalue weighted by atomic mass is 9.66. The molecule has 102 valence electrons. The van der Waals surface area contributed by atoms with Gasteiger partial charge in [0.05, 0.1) is 17.6 Å². The average molecular weight is 278 g/mol. The van der Waals surface area contributed by atoms with Crippen molar-refractivity contribution in [1.82, 2.24) is 0 Å². The molecule has 1 aromatic carbocycles. The van der Waals surface area contributed by atoms with Crippen molar-refractivity contribution in [2.75, 3.05) is 0 Å². The lowest BCUT2D eigenvalue weighted by Crippen LogP contribution is -2.33. The molecule has 0 saturated heterocycles. The molecule has 0 radical (unpaired) electrons. The fraction of sp³-hybridized carbons (Fsp3) is 0.562. The van der Waals surface area contributed by atoms with Gasteiger partial charge in [0.15, 0.2) is 0 Å². The molecular formula is C16H20ClNO. The van der Waals surface area contributed by atoms with Crippen LogP contribution in [-0.4, -0.2) is 5.11 Å². The average Bonchev–Trinajstić information content (AvgIpc) is 2.38. The summed E-state index contributed by atoms with van der Waals surface area (Å²) in [5, 5.41) is 21.0. The summed E-state index contributed by atoms with van der Waals surface area (Å²) in [4.78, 5) is 0. The Labute approximate surface area is 120 Å². The maximum atomic E-state index is 10.7. The summed E-state index contributed by atoms with van der Waals surface area (Å²) in [5.74, 6) is 0.496. The van der Waals surface area contributed by atoms with E-state index in [-0.39, 0.29) is 0 Å². The molecule has 3 unspecified atom stereocenters. The Morgan fingerprint density at radius 1 is 1.53 bits per heavy atom. The van der Waals surface area contributed by atoms with Gasteiger partial charge in [0.25, 0.3) is 0 Å². The number of hydrogen-bond donors (Lipinski definition) is 1. The largest absolute Gasteiger partial charge is 0.387 e. The molecular weight excluding hydrogens is 258 g/mol. The molecule has 3 heteroatoms. The van der Waals surface area contributed by atoms with Crippen LogP contribution in [-0.2, 0) is 0 Å². The lowest BCUT2D eigenvalue weighted by molar-refractivity contribution is 0.0215. The minimum atomic E-state index is -0.725. The van der Waals surface area contributed by atoms with Crippen molar-refractivity contribution in [3.8, 4) is 6.07 Å². The second-order valence-electron chi connectivity index (χ2n) is 5.87. The van der Waals surface area contributed by atoms with Crippen molar-refractivity contribution in [2.24, 2.45) is 11.3 Å². The van der Waals surface area contributed by atoms with E-state index < -0.39 is 11.5 Å². The van der Waals surface area contributed by atoms with Crippen LogP contribution in [0.1, 0.15) is 49.8 Å². The third-order valence-electron chi connectivity index (χ3n) is 4.31. The number of rotatable bonds is 2. The molecule has 0 spiro atoms. The van der Waals surface area contributed by atoms with Gasteiger partial charge in [-0.15, -0.1) is 0 Å². The molecule has 0 amide bonds. The van der Waals surface area contributed by atoms with Gasteiger partial charge >= 0.3 is 0 Å². The van der Waals surface area contributed by atoms with E-state index >= 15 is 0 Å². The van der Waals surface area contributed by atoms with Crippen LogP contribution in [0, 0.1) is 29.6 Å². The Balaban J connectivity index is 2.35. The number of hydrogen-bond acceptors (Lipinski definition) is 2. The van der Waals surface area contributed by atoms with Crippen LogP contribution < -0.4 is 0 Å². The SMILES string of the molecule is Cc1cc(Cl)ccc1C(O)C1(C#N)CCCC(C)C1. The Bertz CT molecular complexity index is 508. The number of halogens is 1. The van der Waals surface area contributed by atoms with Gasteiger partial charge in [-0.2, -0.15) is 5.26 Å². The molecule has 1 aliphatic rings. The first-order valence-corrected chi connectivity index (χ1v) is 7.22.